The number of carbonyl (C=O) groups excluding carboxylic acids is 1. The fourth-order valence-electron chi connectivity index (χ4n) is 3.00. The Hall–Kier alpha value is -2.44. The Labute approximate surface area is 141 Å². The lowest BCUT2D eigenvalue weighted by Crippen LogP contribution is -2.40. The third-order valence-electron chi connectivity index (χ3n) is 4.21. The van der Waals surface area contributed by atoms with Gasteiger partial charge in [-0.1, -0.05) is 0 Å². The van der Waals surface area contributed by atoms with Crippen LogP contribution >= 0.6 is 0 Å². The summed E-state index contributed by atoms with van der Waals surface area (Å²) >= 11 is 0. The van der Waals surface area contributed by atoms with Gasteiger partial charge in [-0.2, -0.15) is 0 Å². The first-order valence-corrected chi connectivity index (χ1v) is 7.83. The number of nitrogens with zero attached hydrogens (tertiary/aromatic N) is 1. The molecule has 1 fully saturated rings. The first-order chi connectivity index (χ1) is 11.5. The molecule has 1 aliphatic rings. The summed E-state index contributed by atoms with van der Waals surface area (Å²) in [7, 11) is 4.60. The normalized spacial score (nSPS) is 16.8. The molecule has 1 saturated heterocycles. The second kappa shape index (κ2) is 7.90. The average Bonchev–Trinajstić information content (AvgIpc) is 3.08. The van der Waals surface area contributed by atoms with Gasteiger partial charge in [0.15, 0.2) is 11.5 Å². The van der Waals surface area contributed by atoms with E-state index in [1.807, 2.05) is 0 Å². The Kier molecular flexibility index (Phi) is 5.89. The molecular weight excluding hydrogens is 314 g/mol. The van der Waals surface area contributed by atoms with Crippen molar-refractivity contribution in [2.75, 3.05) is 27.9 Å². The van der Waals surface area contributed by atoms with E-state index < -0.39 is 12.0 Å². The summed E-state index contributed by atoms with van der Waals surface area (Å²) in [4.78, 5) is 25.0. The van der Waals surface area contributed by atoms with Gasteiger partial charge in [-0.05, 0) is 37.0 Å². The Balaban J connectivity index is 2.08. The molecule has 0 spiro atoms. The standard InChI is InChI=1S/C17H23NO6/c1-22-13-9-11(10-14(23-2)16(13)24-3)6-7-15(19)18-8-4-5-12(18)17(20)21/h9-10,12H,4-8H2,1-3H3,(H,20,21). The molecule has 1 atom stereocenters. The topological polar surface area (TPSA) is 85.3 Å². The van der Waals surface area contributed by atoms with Gasteiger partial charge in [0.05, 0.1) is 21.3 Å². The maximum atomic E-state index is 12.3. The van der Waals surface area contributed by atoms with Crippen LogP contribution in [-0.2, 0) is 16.0 Å². The third kappa shape index (κ3) is 3.72. The highest BCUT2D eigenvalue weighted by Gasteiger charge is 2.33. The van der Waals surface area contributed by atoms with Gasteiger partial charge < -0.3 is 24.2 Å². The van der Waals surface area contributed by atoms with Gasteiger partial charge in [-0.3, -0.25) is 4.79 Å². The summed E-state index contributed by atoms with van der Waals surface area (Å²) in [6.07, 6.45) is 1.96. The number of methoxy groups -OCH3 is 3. The van der Waals surface area contributed by atoms with Crippen molar-refractivity contribution in [3.63, 3.8) is 0 Å². The van der Waals surface area contributed by atoms with Crippen LogP contribution in [-0.4, -0.2) is 55.8 Å². The molecular formula is C17H23NO6. The van der Waals surface area contributed by atoms with E-state index in [0.29, 0.717) is 36.6 Å². The molecule has 7 nitrogen and oxygen atoms in total. The van der Waals surface area contributed by atoms with Crippen LogP contribution in [0.5, 0.6) is 17.2 Å². The molecule has 132 valence electrons. The number of hydrogen-bond acceptors (Lipinski definition) is 5. The summed E-state index contributed by atoms with van der Waals surface area (Å²) in [6, 6.07) is 2.90. The monoisotopic (exact) mass is 337 g/mol. The van der Waals surface area contributed by atoms with Crippen LogP contribution in [0.3, 0.4) is 0 Å². The predicted molar refractivity (Wildman–Crippen MR) is 86.8 cm³/mol. The van der Waals surface area contributed by atoms with Crippen LogP contribution in [0.4, 0.5) is 0 Å². The maximum absolute atomic E-state index is 12.3. The molecule has 2 rings (SSSR count). The molecule has 1 N–H and O–H groups in total. The highest BCUT2D eigenvalue weighted by Crippen LogP contribution is 2.38. The molecule has 0 aromatic heterocycles. The van der Waals surface area contributed by atoms with Crippen molar-refractivity contribution < 1.29 is 28.9 Å². The van der Waals surface area contributed by atoms with Crippen LogP contribution in [0.1, 0.15) is 24.8 Å². The zero-order valence-corrected chi connectivity index (χ0v) is 14.2. The number of hydrogen-bond donors (Lipinski definition) is 1. The van der Waals surface area contributed by atoms with Crippen LogP contribution in [0, 0.1) is 0 Å². The fraction of sp³-hybridized carbons (Fsp3) is 0.529. The molecule has 1 heterocycles. The second-order valence-corrected chi connectivity index (χ2v) is 5.62. The lowest BCUT2D eigenvalue weighted by molar-refractivity contribution is -0.148. The first kappa shape index (κ1) is 17.9. The van der Waals surface area contributed by atoms with Gasteiger partial charge in [0.1, 0.15) is 6.04 Å². The van der Waals surface area contributed by atoms with Gasteiger partial charge in [0.25, 0.3) is 0 Å². The van der Waals surface area contributed by atoms with E-state index in [-0.39, 0.29) is 12.3 Å². The number of carboxylic acid groups (broad SMARTS) is 1. The summed E-state index contributed by atoms with van der Waals surface area (Å²) < 4.78 is 15.9. The number of carboxylic acids is 1. The van der Waals surface area contributed by atoms with Crippen LogP contribution < -0.4 is 14.2 Å². The summed E-state index contributed by atoms with van der Waals surface area (Å²) in [5, 5.41) is 9.17. The van der Waals surface area contributed by atoms with Crippen molar-refractivity contribution in [3.8, 4) is 17.2 Å². The minimum atomic E-state index is -0.936. The van der Waals surface area contributed by atoms with E-state index in [2.05, 4.69) is 0 Å². The maximum Gasteiger partial charge on any atom is 0.326 e. The molecule has 0 aliphatic carbocycles. The fourth-order valence-corrected chi connectivity index (χ4v) is 3.00. The number of aryl methyl sites for hydroxylation is 1. The number of benzene rings is 1. The van der Waals surface area contributed by atoms with E-state index in [1.54, 1.807) is 12.1 Å². The minimum Gasteiger partial charge on any atom is -0.493 e. The average molecular weight is 337 g/mol. The van der Waals surface area contributed by atoms with Crippen molar-refractivity contribution >= 4 is 11.9 Å². The number of rotatable bonds is 7. The number of ether oxygens (including phenoxy) is 3. The number of carbonyl (C=O) groups is 2. The Morgan fingerprint density at radius 3 is 2.29 bits per heavy atom. The number of likely N-dealkylation sites (tertiary alicyclic amines) is 1. The minimum absolute atomic E-state index is 0.145. The van der Waals surface area contributed by atoms with Crippen molar-refractivity contribution in [1.82, 2.24) is 4.90 Å². The summed E-state index contributed by atoms with van der Waals surface area (Å²) in [6.45, 7) is 0.505. The summed E-state index contributed by atoms with van der Waals surface area (Å²) in [5.41, 5.74) is 0.865. The van der Waals surface area contributed by atoms with Crippen LogP contribution in [0.2, 0.25) is 0 Å². The molecule has 0 bridgehead atoms. The first-order valence-electron chi connectivity index (χ1n) is 7.83. The number of aliphatic carboxylic acids is 1. The molecule has 24 heavy (non-hydrogen) atoms. The zero-order chi connectivity index (χ0) is 17.7. The van der Waals surface area contributed by atoms with Crippen molar-refractivity contribution in [1.29, 1.82) is 0 Å². The highest BCUT2D eigenvalue weighted by atomic mass is 16.5. The van der Waals surface area contributed by atoms with Crippen LogP contribution in [0.25, 0.3) is 0 Å². The van der Waals surface area contributed by atoms with Crippen molar-refractivity contribution in [3.05, 3.63) is 17.7 Å². The smallest absolute Gasteiger partial charge is 0.326 e. The van der Waals surface area contributed by atoms with E-state index in [4.69, 9.17) is 14.2 Å². The second-order valence-electron chi connectivity index (χ2n) is 5.62. The molecule has 0 saturated carbocycles. The lowest BCUT2D eigenvalue weighted by atomic mass is 10.1. The van der Waals surface area contributed by atoms with E-state index in [0.717, 1.165) is 12.0 Å². The highest BCUT2D eigenvalue weighted by molar-refractivity contribution is 5.84. The molecule has 0 radical (unpaired) electrons. The quantitative estimate of drug-likeness (QED) is 0.815. The number of amides is 1. The van der Waals surface area contributed by atoms with Gasteiger partial charge in [0.2, 0.25) is 11.7 Å². The van der Waals surface area contributed by atoms with Gasteiger partial charge in [-0.15, -0.1) is 0 Å². The van der Waals surface area contributed by atoms with E-state index in [1.165, 1.54) is 26.2 Å². The Morgan fingerprint density at radius 1 is 1.17 bits per heavy atom. The molecule has 1 unspecified atom stereocenters. The van der Waals surface area contributed by atoms with E-state index >= 15 is 0 Å². The van der Waals surface area contributed by atoms with Gasteiger partial charge in [-0.25, -0.2) is 4.79 Å². The Morgan fingerprint density at radius 2 is 1.79 bits per heavy atom. The van der Waals surface area contributed by atoms with Gasteiger partial charge >= 0.3 is 5.97 Å². The molecule has 1 amide bonds. The lowest BCUT2D eigenvalue weighted by Gasteiger charge is -2.21. The zero-order valence-electron chi connectivity index (χ0n) is 14.2. The molecule has 7 heteroatoms. The van der Waals surface area contributed by atoms with Gasteiger partial charge in [0, 0.05) is 13.0 Å². The van der Waals surface area contributed by atoms with E-state index in [9.17, 15) is 14.7 Å². The largest absolute Gasteiger partial charge is 0.493 e. The molecule has 1 aromatic rings. The molecule has 1 aliphatic heterocycles. The third-order valence-corrected chi connectivity index (χ3v) is 4.21. The Bertz CT molecular complexity index is 590. The predicted octanol–water partition coefficient (Wildman–Crippen LogP) is 1.72. The van der Waals surface area contributed by atoms with Crippen molar-refractivity contribution in [2.24, 2.45) is 0 Å². The SMILES string of the molecule is COc1cc(CCC(=O)N2CCCC2C(=O)O)cc(OC)c1OC. The van der Waals surface area contributed by atoms with Crippen LogP contribution in [0.15, 0.2) is 12.1 Å². The summed E-state index contributed by atoms with van der Waals surface area (Å²) in [5.74, 6) is 0.482. The molecule has 1 aromatic carbocycles. The van der Waals surface area contributed by atoms with Crippen molar-refractivity contribution in [2.45, 2.75) is 31.7 Å².